The SMILES string of the molecule is COc1ccc(C(=O)CSc2nnc(SCC(=O)c3ccc(OC)cc3)n2-c2ccccc2)cc1. The molecule has 0 atom stereocenters. The molecule has 0 aliphatic heterocycles. The first-order valence-corrected chi connectivity index (χ1v) is 12.7. The Morgan fingerprint density at radius 1 is 0.686 bits per heavy atom. The maximum absolute atomic E-state index is 12.7. The van der Waals surface area contributed by atoms with Crippen LogP contribution in [0.5, 0.6) is 11.5 Å². The number of Topliss-reactive ketones (excluding diaryl/α,β-unsaturated/α-hetero) is 2. The minimum Gasteiger partial charge on any atom is -0.497 e. The van der Waals surface area contributed by atoms with Gasteiger partial charge in [0.15, 0.2) is 21.9 Å². The number of benzene rings is 3. The summed E-state index contributed by atoms with van der Waals surface area (Å²) in [7, 11) is 3.17. The van der Waals surface area contributed by atoms with Gasteiger partial charge in [-0.05, 0) is 60.7 Å². The zero-order chi connectivity index (χ0) is 24.6. The number of carbonyl (C=O) groups excluding carboxylic acids is 2. The molecule has 7 nitrogen and oxygen atoms in total. The predicted molar refractivity (Wildman–Crippen MR) is 137 cm³/mol. The number of ketones is 2. The highest BCUT2D eigenvalue weighted by Crippen LogP contribution is 2.28. The maximum atomic E-state index is 12.7. The number of hydrogen-bond donors (Lipinski definition) is 0. The third-order valence-electron chi connectivity index (χ3n) is 5.11. The quantitative estimate of drug-likeness (QED) is 0.202. The number of rotatable bonds is 11. The summed E-state index contributed by atoms with van der Waals surface area (Å²) in [6, 6.07) is 23.7. The molecule has 0 N–H and O–H groups in total. The Morgan fingerprint density at radius 2 is 1.11 bits per heavy atom. The Morgan fingerprint density at radius 3 is 1.51 bits per heavy atom. The Balaban J connectivity index is 1.49. The number of aromatic nitrogens is 3. The van der Waals surface area contributed by atoms with Crippen LogP contribution >= 0.6 is 23.5 Å². The second kappa shape index (κ2) is 11.7. The molecule has 0 spiro atoms. The van der Waals surface area contributed by atoms with Crippen LogP contribution in [0, 0.1) is 0 Å². The summed E-state index contributed by atoms with van der Waals surface area (Å²) in [5.41, 5.74) is 2.06. The van der Waals surface area contributed by atoms with Crippen molar-refractivity contribution in [1.29, 1.82) is 0 Å². The second-order valence-corrected chi connectivity index (χ2v) is 9.20. The lowest BCUT2D eigenvalue weighted by atomic mass is 10.1. The summed E-state index contributed by atoms with van der Waals surface area (Å²) in [5.74, 6) is 1.75. The van der Waals surface area contributed by atoms with Crippen molar-refractivity contribution >= 4 is 35.1 Å². The highest BCUT2D eigenvalue weighted by atomic mass is 32.2. The monoisotopic (exact) mass is 505 g/mol. The van der Waals surface area contributed by atoms with Crippen LogP contribution in [0.15, 0.2) is 89.2 Å². The summed E-state index contributed by atoms with van der Waals surface area (Å²) < 4.78 is 12.2. The molecule has 35 heavy (non-hydrogen) atoms. The number of thioether (sulfide) groups is 2. The Bertz CT molecular complexity index is 1210. The first-order chi connectivity index (χ1) is 17.1. The van der Waals surface area contributed by atoms with Crippen molar-refractivity contribution in [3.63, 3.8) is 0 Å². The van der Waals surface area contributed by atoms with E-state index in [1.54, 1.807) is 62.8 Å². The Kier molecular flexibility index (Phi) is 8.23. The zero-order valence-electron chi connectivity index (χ0n) is 19.2. The van der Waals surface area contributed by atoms with Crippen LogP contribution in [0.1, 0.15) is 20.7 Å². The van der Waals surface area contributed by atoms with E-state index in [0.29, 0.717) is 32.9 Å². The van der Waals surface area contributed by atoms with E-state index in [1.165, 1.54) is 23.5 Å². The van der Waals surface area contributed by atoms with Gasteiger partial charge in [-0.1, -0.05) is 41.7 Å². The lowest BCUT2D eigenvalue weighted by molar-refractivity contribution is 0.101. The van der Waals surface area contributed by atoms with Crippen molar-refractivity contribution in [2.24, 2.45) is 0 Å². The average Bonchev–Trinajstić information content (AvgIpc) is 3.33. The molecule has 0 unspecified atom stereocenters. The third kappa shape index (κ3) is 6.12. The molecule has 0 radical (unpaired) electrons. The molecule has 1 heterocycles. The molecule has 3 aromatic carbocycles. The van der Waals surface area contributed by atoms with Gasteiger partial charge in [0.25, 0.3) is 0 Å². The molecule has 178 valence electrons. The summed E-state index contributed by atoms with van der Waals surface area (Å²) >= 11 is 2.61. The van der Waals surface area contributed by atoms with Gasteiger partial charge in [0.05, 0.1) is 31.4 Å². The molecule has 0 aliphatic rings. The zero-order valence-corrected chi connectivity index (χ0v) is 20.8. The van der Waals surface area contributed by atoms with E-state index in [2.05, 4.69) is 10.2 Å². The van der Waals surface area contributed by atoms with Gasteiger partial charge < -0.3 is 9.47 Å². The van der Waals surface area contributed by atoms with E-state index in [4.69, 9.17) is 9.47 Å². The number of hydrogen-bond acceptors (Lipinski definition) is 8. The van der Waals surface area contributed by atoms with Crippen LogP contribution < -0.4 is 9.47 Å². The molecular weight excluding hydrogens is 482 g/mol. The van der Waals surface area contributed by atoms with Crippen molar-refractivity contribution < 1.29 is 19.1 Å². The van der Waals surface area contributed by atoms with Gasteiger partial charge in [-0.3, -0.25) is 14.2 Å². The van der Waals surface area contributed by atoms with Gasteiger partial charge in [-0.2, -0.15) is 0 Å². The van der Waals surface area contributed by atoms with E-state index in [9.17, 15) is 9.59 Å². The van der Waals surface area contributed by atoms with Gasteiger partial charge in [0, 0.05) is 11.1 Å². The molecule has 0 aliphatic carbocycles. The van der Waals surface area contributed by atoms with E-state index < -0.39 is 0 Å². The van der Waals surface area contributed by atoms with Crippen molar-refractivity contribution in [2.75, 3.05) is 25.7 Å². The maximum Gasteiger partial charge on any atom is 0.196 e. The van der Waals surface area contributed by atoms with Crippen LogP contribution in [0.2, 0.25) is 0 Å². The fraction of sp³-hybridized carbons (Fsp3) is 0.154. The van der Waals surface area contributed by atoms with E-state index in [-0.39, 0.29) is 23.1 Å². The summed E-state index contributed by atoms with van der Waals surface area (Å²) in [4.78, 5) is 25.4. The summed E-state index contributed by atoms with van der Waals surface area (Å²) in [6.45, 7) is 0. The standard InChI is InChI=1S/C26H23N3O4S2/c1-32-21-12-8-18(9-13-21)23(30)16-34-25-27-28-26(29(25)20-6-4-3-5-7-20)35-17-24(31)19-10-14-22(33-2)15-11-19/h3-15H,16-17H2,1-2H3. The Labute approximate surface area is 211 Å². The van der Waals surface area contributed by atoms with Crippen LogP contribution in [0.25, 0.3) is 5.69 Å². The summed E-state index contributed by atoms with van der Waals surface area (Å²) in [6.07, 6.45) is 0. The molecule has 0 amide bonds. The third-order valence-corrected chi connectivity index (χ3v) is 6.96. The largest absolute Gasteiger partial charge is 0.497 e. The van der Waals surface area contributed by atoms with Gasteiger partial charge in [0.1, 0.15) is 11.5 Å². The minimum absolute atomic E-state index is 0.0239. The lowest BCUT2D eigenvalue weighted by Gasteiger charge is -2.10. The normalized spacial score (nSPS) is 10.7. The second-order valence-electron chi connectivity index (χ2n) is 7.32. The molecule has 0 bridgehead atoms. The van der Waals surface area contributed by atoms with Gasteiger partial charge >= 0.3 is 0 Å². The number of para-hydroxylation sites is 1. The smallest absolute Gasteiger partial charge is 0.196 e. The summed E-state index contributed by atoms with van der Waals surface area (Å²) in [5, 5.41) is 9.79. The van der Waals surface area contributed by atoms with Gasteiger partial charge in [-0.15, -0.1) is 10.2 Å². The van der Waals surface area contributed by atoms with Crippen LogP contribution in [0.3, 0.4) is 0 Å². The molecule has 0 saturated heterocycles. The molecular formula is C26H23N3O4S2. The van der Waals surface area contributed by atoms with Gasteiger partial charge in [-0.25, -0.2) is 0 Å². The minimum atomic E-state index is -0.0239. The number of carbonyl (C=O) groups is 2. The lowest BCUT2D eigenvalue weighted by Crippen LogP contribution is -2.06. The molecule has 4 rings (SSSR count). The van der Waals surface area contributed by atoms with Crippen LogP contribution in [0.4, 0.5) is 0 Å². The number of ether oxygens (including phenoxy) is 2. The first kappa shape index (κ1) is 24.6. The fourth-order valence-corrected chi connectivity index (χ4v) is 4.97. The Hall–Kier alpha value is -3.56. The first-order valence-electron chi connectivity index (χ1n) is 10.7. The van der Waals surface area contributed by atoms with Crippen molar-refractivity contribution in [1.82, 2.24) is 14.8 Å². The fourth-order valence-electron chi connectivity index (χ4n) is 3.22. The topological polar surface area (TPSA) is 83.3 Å². The average molecular weight is 506 g/mol. The van der Waals surface area contributed by atoms with Crippen molar-refractivity contribution in [3.8, 4) is 17.2 Å². The van der Waals surface area contributed by atoms with E-state index in [1.807, 2.05) is 34.9 Å². The van der Waals surface area contributed by atoms with Crippen LogP contribution in [-0.4, -0.2) is 52.1 Å². The van der Waals surface area contributed by atoms with E-state index in [0.717, 1.165) is 5.69 Å². The van der Waals surface area contributed by atoms with Crippen LogP contribution in [-0.2, 0) is 0 Å². The highest BCUT2D eigenvalue weighted by Gasteiger charge is 2.18. The number of nitrogens with zero attached hydrogens (tertiary/aromatic N) is 3. The highest BCUT2D eigenvalue weighted by molar-refractivity contribution is 8.00. The number of methoxy groups -OCH3 is 2. The van der Waals surface area contributed by atoms with Gasteiger partial charge in [0.2, 0.25) is 0 Å². The molecule has 0 fully saturated rings. The van der Waals surface area contributed by atoms with E-state index >= 15 is 0 Å². The predicted octanol–water partition coefficient (Wildman–Crippen LogP) is 5.23. The molecule has 1 aromatic heterocycles. The molecule has 9 heteroatoms. The van der Waals surface area contributed by atoms with Crippen molar-refractivity contribution in [2.45, 2.75) is 10.3 Å². The molecule has 4 aromatic rings. The van der Waals surface area contributed by atoms with Crippen molar-refractivity contribution in [3.05, 3.63) is 90.0 Å². The molecule has 0 saturated carbocycles.